The number of ether oxygens (including phenoxy) is 1. The van der Waals surface area contributed by atoms with E-state index in [1.807, 2.05) is 24.3 Å². The predicted octanol–water partition coefficient (Wildman–Crippen LogP) is 3.17. The Bertz CT molecular complexity index is 752. The van der Waals surface area contributed by atoms with Gasteiger partial charge in [-0.2, -0.15) is 0 Å². The summed E-state index contributed by atoms with van der Waals surface area (Å²) in [5.41, 5.74) is 1.93. The smallest absolute Gasteiger partial charge is 0.335 e. The number of aromatic carboxylic acids is 1. The van der Waals surface area contributed by atoms with Crippen molar-refractivity contribution >= 4 is 12.0 Å². The Labute approximate surface area is 153 Å². The number of carboxylic acids is 1. The molecule has 0 saturated carbocycles. The van der Waals surface area contributed by atoms with Gasteiger partial charge in [0.15, 0.2) is 0 Å². The van der Waals surface area contributed by atoms with Crippen LogP contribution >= 0.6 is 0 Å². The molecule has 0 heterocycles. The molecule has 0 unspecified atom stereocenters. The van der Waals surface area contributed by atoms with Crippen LogP contribution in [0.1, 0.15) is 35.3 Å². The number of nitrogens with one attached hydrogen (secondary N) is 2. The highest BCUT2D eigenvalue weighted by atomic mass is 16.5. The van der Waals surface area contributed by atoms with Crippen LogP contribution in [-0.4, -0.2) is 30.8 Å². The van der Waals surface area contributed by atoms with Crippen LogP contribution in [0.5, 0.6) is 5.75 Å². The zero-order valence-electron chi connectivity index (χ0n) is 15.2. The maximum absolute atomic E-state index is 12.0. The number of amides is 2. The maximum Gasteiger partial charge on any atom is 0.335 e. The van der Waals surface area contributed by atoms with Gasteiger partial charge >= 0.3 is 12.0 Å². The van der Waals surface area contributed by atoms with Crippen LogP contribution in [-0.2, 0) is 12.0 Å². The van der Waals surface area contributed by atoms with Crippen molar-refractivity contribution in [3.63, 3.8) is 0 Å². The van der Waals surface area contributed by atoms with Crippen molar-refractivity contribution in [1.29, 1.82) is 0 Å². The fourth-order valence-corrected chi connectivity index (χ4v) is 2.46. The second kappa shape index (κ2) is 8.38. The van der Waals surface area contributed by atoms with E-state index >= 15 is 0 Å². The van der Waals surface area contributed by atoms with Crippen LogP contribution in [0.25, 0.3) is 0 Å². The van der Waals surface area contributed by atoms with Crippen LogP contribution < -0.4 is 15.4 Å². The molecular weight excluding hydrogens is 332 g/mol. The molecule has 0 fully saturated rings. The van der Waals surface area contributed by atoms with Crippen molar-refractivity contribution in [3.05, 3.63) is 65.2 Å². The van der Waals surface area contributed by atoms with Crippen molar-refractivity contribution in [2.75, 3.05) is 13.7 Å². The molecule has 0 aromatic heterocycles. The number of carboxylic acid groups (broad SMARTS) is 1. The normalized spacial score (nSPS) is 10.9. The third kappa shape index (κ3) is 5.24. The van der Waals surface area contributed by atoms with E-state index in [0.717, 1.165) is 16.9 Å². The molecule has 2 rings (SSSR count). The Morgan fingerprint density at radius 2 is 1.62 bits per heavy atom. The van der Waals surface area contributed by atoms with Gasteiger partial charge in [-0.25, -0.2) is 9.59 Å². The van der Waals surface area contributed by atoms with Gasteiger partial charge in [-0.3, -0.25) is 0 Å². The molecular formula is C20H24N2O4. The zero-order chi connectivity index (χ0) is 19.2. The molecule has 0 aliphatic heterocycles. The molecule has 0 radical (unpaired) electrons. The summed E-state index contributed by atoms with van der Waals surface area (Å²) in [7, 11) is 1.63. The van der Waals surface area contributed by atoms with E-state index in [1.165, 1.54) is 12.1 Å². The summed E-state index contributed by atoms with van der Waals surface area (Å²) in [6, 6.07) is 13.9. The van der Waals surface area contributed by atoms with Crippen LogP contribution in [0.4, 0.5) is 4.79 Å². The van der Waals surface area contributed by atoms with Crippen molar-refractivity contribution in [2.24, 2.45) is 0 Å². The molecule has 0 aliphatic rings. The fraction of sp³-hybridized carbons (Fsp3) is 0.300. The molecule has 2 aromatic rings. The molecule has 6 nitrogen and oxygen atoms in total. The lowest BCUT2D eigenvalue weighted by atomic mass is 9.84. The van der Waals surface area contributed by atoms with Gasteiger partial charge in [0.1, 0.15) is 5.75 Å². The molecule has 0 bridgehead atoms. The van der Waals surface area contributed by atoms with Gasteiger partial charge in [0.05, 0.1) is 12.7 Å². The van der Waals surface area contributed by atoms with E-state index in [2.05, 4.69) is 24.5 Å². The summed E-state index contributed by atoms with van der Waals surface area (Å²) in [4.78, 5) is 22.9. The molecule has 26 heavy (non-hydrogen) atoms. The Kier molecular flexibility index (Phi) is 6.22. The van der Waals surface area contributed by atoms with Gasteiger partial charge in [-0.05, 0) is 35.4 Å². The maximum atomic E-state index is 12.0. The van der Waals surface area contributed by atoms with Crippen LogP contribution in [0, 0.1) is 0 Å². The van der Waals surface area contributed by atoms with Crippen molar-refractivity contribution in [2.45, 2.75) is 25.8 Å². The number of carbonyl (C=O) groups is 2. The predicted molar refractivity (Wildman–Crippen MR) is 99.7 cm³/mol. The van der Waals surface area contributed by atoms with E-state index in [0.29, 0.717) is 13.1 Å². The van der Waals surface area contributed by atoms with Crippen LogP contribution in [0.2, 0.25) is 0 Å². The topological polar surface area (TPSA) is 87.7 Å². The molecule has 0 atom stereocenters. The van der Waals surface area contributed by atoms with E-state index < -0.39 is 5.97 Å². The summed E-state index contributed by atoms with van der Waals surface area (Å²) >= 11 is 0. The summed E-state index contributed by atoms with van der Waals surface area (Å²) in [6.45, 7) is 4.91. The highest BCUT2D eigenvalue weighted by molar-refractivity contribution is 5.87. The number of urea groups is 1. The Hall–Kier alpha value is -3.02. The summed E-state index contributed by atoms with van der Waals surface area (Å²) in [6.07, 6.45) is 0. The molecule has 0 spiro atoms. The molecule has 0 saturated heterocycles. The first-order valence-electron chi connectivity index (χ1n) is 8.30. The van der Waals surface area contributed by atoms with E-state index in [1.54, 1.807) is 19.2 Å². The lowest BCUT2D eigenvalue weighted by molar-refractivity contribution is 0.0697. The zero-order valence-corrected chi connectivity index (χ0v) is 15.2. The Morgan fingerprint density at radius 1 is 1.00 bits per heavy atom. The lowest BCUT2D eigenvalue weighted by Gasteiger charge is -2.26. The molecule has 3 N–H and O–H groups in total. The van der Waals surface area contributed by atoms with Crippen molar-refractivity contribution < 1.29 is 19.4 Å². The highest BCUT2D eigenvalue weighted by Crippen LogP contribution is 2.24. The number of methoxy groups -OCH3 is 1. The largest absolute Gasteiger partial charge is 0.497 e. The van der Waals surface area contributed by atoms with Crippen LogP contribution in [0.15, 0.2) is 48.5 Å². The first-order valence-corrected chi connectivity index (χ1v) is 8.30. The SMILES string of the molecule is COc1ccc(C(C)(C)CNC(=O)NCc2ccc(C(=O)O)cc2)cc1. The molecule has 0 aliphatic carbocycles. The van der Waals surface area contributed by atoms with Crippen molar-refractivity contribution in [1.82, 2.24) is 10.6 Å². The number of hydrogen-bond acceptors (Lipinski definition) is 3. The molecule has 2 aromatic carbocycles. The molecule has 138 valence electrons. The Balaban J connectivity index is 1.84. The standard InChI is InChI=1S/C20H24N2O4/c1-20(2,16-8-10-17(26-3)11-9-16)13-22-19(25)21-12-14-4-6-15(7-5-14)18(23)24/h4-11H,12-13H2,1-3H3,(H,23,24)(H2,21,22,25). The minimum Gasteiger partial charge on any atom is -0.497 e. The van der Waals surface area contributed by atoms with Gasteiger partial charge in [0.25, 0.3) is 0 Å². The number of benzene rings is 2. The number of hydrogen-bond donors (Lipinski definition) is 3. The van der Waals surface area contributed by atoms with E-state index in [-0.39, 0.29) is 17.0 Å². The van der Waals surface area contributed by atoms with Gasteiger partial charge in [-0.15, -0.1) is 0 Å². The summed E-state index contributed by atoms with van der Waals surface area (Å²) in [5.74, 6) is -0.174. The van der Waals surface area contributed by atoms with Crippen LogP contribution in [0.3, 0.4) is 0 Å². The molecule has 2 amide bonds. The first kappa shape index (κ1) is 19.3. The van der Waals surface area contributed by atoms with Gasteiger partial charge in [0.2, 0.25) is 0 Å². The van der Waals surface area contributed by atoms with E-state index in [4.69, 9.17) is 9.84 Å². The monoisotopic (exact) mass is 356 g/mol. The average molecular weight is 356 g/mol. The van der Waals surface area contributed by atoms with Gasteiger partial charge in [-0.1, -0.05) is 38.1 Å². The number of rotatable bonds is 7. The lowest BCUT2D eigenvalue weighted by Crippen LogP contribution is -2.42. The summed E-state index contributed by atoms with van der Waals surface area (Å²) in [5, 5.41) is 14.5. The minimum atomic E-state index is -0.969. The number of carbonyl (C=O) groups excluding carboxylic acids is 1. The third-order valence-electron chi connectivity index (χ3n) is 4.22. The molecule has 6 heteroatoms. The Morgan fingerprint density at radius 3 is 2.15 bits per heavy atom. The first-order chi connectivity index (χ1) is 12.3. The van der Waals surface area contributed by atoms with Gasteiger partial charge < -0.3 is 20.5 Å². The fourth-order valence-electron chi connectivity index (χ4n) is 2.46. The van der Waals surface area contributed by atoms with E-state index in [9.17, 15) is 9.59 Å². The van der Waals surface area contributed by atoms with Gasteiger partial charge in [0, 0.05) is 18.5 Å². The quantitative estimate of drug-likeness (QED) is 0.711. The second-order valence-electron chi connectivity index (χ2n) is 6.65. The third-order valence-corrected chi connectivity index (χ3v) is 4.22. The minimum absolute atomic E-state index is 0.222. The summed E-state index contributed by atoms with van der Waals surface area (Å²) < 4.78 is 5.16. The average Bonchev–Trinajstić information content (AvgIpc) is 2.65. The van der Waals surface area contributed by atoms with Crippen molar-refractivity contribution in [3.8, 4) is 5.75 Å². The highest BCUT2D eigenvalue weighted by Gasteiger charge is 2.21. The second-order valence-corrected chi connectivity index (χ2v) is 6.65.